The van der Waals surface area contributed by atoms with Crippen molar-refractivity contribution in [1.29, 1.82) is 0 Å². The molecule has 132 valence electrons. The standard InChI is InChI=1S/C20H22Cl2N2O/c21-17-8-9-19(22)18(12-17)20(25)23-13-15-6-2-3-7-16(15)14-24-10-4-1-5-11-24/h2-3,6-9,12H,1,4-5,10-11,13-14H2,(H,23,25). The van der Waals surface area contributed by atoms with Crippen LogP contribution in [0.2, 0.25) is 10.0 Å². The van der Waals surface area contributed by atoms with E-state index in [1.165, 1.54) is 24.8 Å². The van der Waals surface area contributed by atoms with Gasteiger partial charge in [0.05, 0.1) is 10.6 Å². The molecule has 25 heavy (non-hydrogen) atoms. The number of amides is 1. The fourth-order valence-electron chi connectivity index (χ4n) is 3.18. The van der Waals surface area contributed by atoms with Gasteiger partial charge < -0.3 is 5.32 Å². The number of carbonyl (C=O) groups is 1. The summed E-state index contributed by atoms with van der Waals surface area (Å²) in [5.74, 6) is -0.208. The predicted molar refractivity (Wildman–Crippen MR) is 103 cm³/mol. The molecule has 0 aromatic heterocycles. The number of hydrogen-bond acceptors (Lipinski definition) is 2. The monoisotopic (exact) mass is 376 g/mol. The molecule has 0 atom stereocenters. The van der Waals surface area contributed by atoms with E-state index in [-0.39, 0.29) is 5.91 Å². The topological polar surface area (TPSA) is 32.3 Å². The van der Waals surface area contributed by atoms with Crippen LogP contribution in [0.4, 0.5) is 0 Å². The fourth-order valence-corrected chi connectivity index (χ4v) is 3.56. The smallest absolute Gasteiger partial charge is 0.253 e. The second-order valence-electron chi connectivity index (χ2n) is 6.41. The molecule has 0 spiro atoms. The molecule has 1 aliphatic heterocycles. The average Bonchev–Trinajstić information content (AvgIpc) is 2.63. The summed E-state index contributed by atoms with van der Waals surface area (Å²) in [4.78, 5) is 14.9. The van der Waals surface area contributed by atoms with Crippen LogP contribution in [0.3, 0.4) is 0 Å². The highest BCUT2D eigenvalue weighted by molar-refractivity contribution is 6.35. The number of carbonyl (C=O) groups excluding carboxylic acids is 1. The number of rotatable bonds is 5. The second kappa shape index (κ2) is 8.70. The van der Waals surface area contributed by atoms with Crippen LogP contribution in [0.25, 0.3) is 0 Å². The summed E-state index contributed by atoms with van der Waals surface area (Å²) < 4.78 is 0. The van der Waals surface area contributed by atoms with E-state index < -0.39 is 0 Å². The first-order chi connectivity index (χ1) is 12.1. The van der Waals surface area contributed by atoms with E-state index in [9.17, 15) is 4.79 Å². The Morgan fingerprint density at radius 3 is 2.48 bits per heavy atom. The molecule has 1 heterocycles. The third-order valence-corrected chi connectivity index (χ3v) is 5.14. The van der Waals surface area contributed by atoms with Crippen LogP contribution < -0.4 is 5.32 Å². The van der Waals surface area contributed by atoms with Gasteiger partial charge >= 0.3 is 0 Å². The van der Waals surface area contributed by atoms with Gasteiger partial charge in [0, 0.05) is 18.1 Å². The van der Waals surface area contributed by atoms with Crippen LogP contribution in [0.15, 0.2) is 42.5 Å². The molecule has 3 rings (SSSR count). The minimum atomic E-state index is -0.208. The molecule has 2 aromatic rings. The Balaban J connectivity index is 1.66. The fraction of sp³-hybridized carbons (Fsp3) is 0.350. The Hall–Kier alpha value is -1.55. The van der Waals surface area contributed by atoms with E-state index in [1.54, 1.807) is 18.2 Å². The molecule has 3 nitrogen and oxygen atoms in total. The van der Waals surface area contributed by atoms with Gasteiger partial charge in [0.25, 0.3) is 5.91 Å². The second-order valence-corrected chi connectivity index (χ2v) is 7.26. The number of halogens is 2. The lowest BCUT2D eigenvalue weighted by atomic mass is 10.0. The minimum absolute atomic E-state index is 0.208. The first-order valence-electron chi connectivity index (χ1n) is 8.66. The largest absolute Gasteiger partial charge is 0.348 e. The molecule has 1 N–H and O–H groups in total. The highest BCUT2D eigenvalue weighted by atomic mass is 35.5. The molecular formula is C20H22Cl2N2O. The molecule has 2 aromatic carbocycles. The summed E-state index contributed by atoms with van der Waals surface area (Å²) in [5.41, 5.74) is 2.81. The summed E-state index contributed by atoms with van der Waals surface area (Å²) in [5, 5.41) is 3.87. The highest BCUT2D eigenvalue weighted by Gasteiger charge is 2.14. The van der Waals surface area contributed by atoms with Gasteiger partial charge in [-0.15, -0.1) is 0 Å². The van der Waals surface area contributed by atoms with Crippen LogP contribution in [-0.2, 0) is 13.1 Å². The van der Waals surface area contributed by atoms with E-state index in [0.717, 1.165) is 25.2 Å². The zero-order valence-corrected chi connectivity index (χ0v) is 15.6. The summed E-state index contributed by atoms with van der Waals surface area (Å²) in [6.07, 6.45) is 3.87. The number of likely N-dealkylation sites (tertiary alicyclic amines) is 1. The van der Waals surface area contributed by atoms with Gasteiger partial charge in [0.15, 0.2) is 0 Å². The van der Waals surface area contributed by atoms with Crippen molar-refractivity contribution in [3.63, 3.8) is 0 Å². The molecule has 1 amide bonds. The zero-order chi connectivity index (χ0) is 17.6. The molecule has 5 heteroatoms. The van der Waals surface area contributed by atoms with Gasteiger partial charge in [-0.1, -0.05) is 53.9 Å². The van der Waals surface area contributed by atoms with Crippen LogP contribution in [0.5, 0.6) is 0 Å². The third kappa shape index (κ3) is 4.97. The van der Waals surface area contributed by atoms with Gasteiger partial charge in [-0.3, -0.25) is 9.69 Å². The lowest BCUT2D eigenvalue weighted by Gasteiger charge is -2.27. The number of piperidine rings is 1. The number of benzene rings is 2. The maximum absolute atomic E-state index is 12.4. The van der Waals surface area contributed by atoms with E-state index in [1.807, 2.05) is 6.07 Å². The molecule has 1 saturated heterocycles. The summed E-state index contributed by atoms with van der Waals surface area (Å²) in [6.45, 7) is 3.72. The average molecular weight is 377 g/mol. The minimum Gasteiger partial charge on any atom is -0.348 e. The zero-order valence-electron chi connectivity index (χ0n) is 14.1. The molecular weight excluding hydrogens is 355 g/mol. The summed E-state index contributed by atoms with van der Waals surface area (Å²) in [6, 6.07) is 13.2. The van der Waals surface area contributed by atoms with Crippen molar-refractivity contribution in [2.75, 3.05) is 13.1 Å². The van der Waals surface area contributed by atoms with Gasteiger partial charge in [0.1, 0.15) is 0 Å². The molecule has 0 aliphatic carbocycles. The quantitative estimate of drug-likeness (QED) is 0.803. The van der Waals surface area contributed by atoms with Crippen molar-refractivity contribution < 1.29 is 4.79 Å². The van der Waals surface area contributed by atoms with Crippen molar-refractivity contribution in [3.8, 4) is 0 Å². The van der Waals surface area contributed by atoms with Gasteiger partial charge in [0.2, 0.25) is 0 Å². The first-order valence-corrected chi connectivity index (χ1v) is 9.41. The number of hydrogen-bond donors (Lipinski definition) is 1. The molecule has 0 bridgehead atoms. The normalized spacial score (nSPS) is 15.1. The van der Waals surface area contributed by atoms with Crippen LogP contribution >= 0.6 is 23.2 Å². The maximum atomic E-state index is 12.4. The van der Waals surface area contributed by atoms with Gasteiger partial charge in [-0.25, -0.2) is 0 Å². The Bertz CT molecular complexity index is 742. The lowest BCUT2D eigenvalue weighted by Crippen LogP contribution is -2.30. The molecule has 0 unspecified atom stereocenters. The van der Waals surface area contributed by atoms with E-state index in [0.29, 0.717) is 22.2 Å². The Morgan fingerprint density at radius 2 is 1.72 bits per heavy atom. The SMILES string of the molecule is O=C(NCc1ccccc1CN1CCCCC1)c1cc(Cl)ccc1Cl. The summed E-state index contributed by atoms with van der Waals surface area (Å²) >= 11 is 12.1. The number of nitrogens with zero attached hydrogens (tertiary/aromatic N) is 1. The Morgan fingerprint density at radius 1 is 1.00 bits per heavy atom. The maximum Gasteiger partial charge on any atom is 0.253 e. The van der Waals surface area contributed by atoms with Crippen LogP contribution in [0.1, 0.15) is 40.7 Å². The highest BCUT2D eigenvalue weighted by Crippen LogP contribution is 2.21. The lowest BCUT2D eigenvalue weighted by molar-refractivity contribution is 0.0951. The van der Waals surface area contributed by atoms with Crippen molar-refractivity contribution in [1.82, 2.24) is 10.2 Å². The molecule has 1 fully saturated rings. The molecule has 1 aliphatic rings. The third-order valence-electron chi connectivity index (χ3n) is 4.57. The van der Waals surface area contributed by atoms with Gasteiger partial charge in [-0.2, -0.15) is 0 Å². The van der Waals surface area contributed by atoms with Crippen molar-refractivity contribution in [2.45, 2.75) is 32.4 Å². The Kier molecular flexibility index (Phi) is 6.35. The van der Waals surface area contributed by atoms with Crippen molar-refractivity contribution in [3.05, 3.63) is 69.2 Å². The van der Waals surface area contributed by atoms with Crippen LogP contribution in [-0.4, -0.2) is 23.9 Å². The van der Waals surface area contributed by atoms with Gasteiger partial charge in [-0.05, 0) is 55.3 Å². The predicted octanol–water partition coefficient (Wildman–Crippen LogP) is 4.91. The van der Waals surface area contributed by atoms with Crippen molar-refractivity contribution in [2.24, 2.45) is 0 Å². The first kappa shape index (κ1) is 18.2. The number of nitrogens with one attached hydrogen (secondary N) is 1. The molecule has 0 saturated carbocycles. The summed E-state index contributed by atoms with van der Waals surface area (Å²) in [7, 11) is 0. The van der Waals surface area contributed by atoms with Crippen LogP contribution in [0, 0.1) is 0 Å². The van der Waals surface area contributed by atoms with E-state index in [4.69, 9.17) is 23.2 Å². The van der Waals surface area contributed by atoms with E-state index >= 15 is 0 Å². The van der Waals surface area contributed by atoms with E-state index in [2.05, 4.69) is 28.4 Å². The molecule has 0 radical (unpaired) electrons. The van der Waals surface area contributed by atoms with Crippen molar-refractivity contribution >= 4 is 29.1 Å². The Labute approximate surface area is 158 Å².